The standard InChI is InChI=1S/C10H20O/c1-3-10(8(2)11)9-6-4-5-7-9/h8-11H,3-7H2,1-2H3. The van der Waals surface area contributed by atoms with Crippen molar-refractivity contribution in [3.05, 3.63) is 0 Å². The van der Waals surface area contributed by atoms with E-state index in [2.05, 4.69) is 6.92 Å². The Bertz CT molecular complexity index is 103. The maximum atomic E-state index is 9.47. The second-order valence-corrected chi connectivity index (χ2v) is 3.86. The molecular weight excluding hydrogens is 136 g/mol. The molecule has 2 atom stereocenters. The van der Waals surface area contributed by atoms with Crippen LogP contribution in [0.5, 0.6) is 0 Å². The van der Waals surface area contributed by atoms with Crippen LogP contribution in [0.3, 0.4) is 0 Å². The molecule has 0 radical (unpaired) electrons. The summed E-state index contributed by atoms with van der Waals surface area (Å²) in [6.07, 6.45) is 6.51. The molecule has 0 aromatic heterocycles. The van der Waals surface area contributed by atoms with Crippen molar-refractivity contribution in [3.8, 4) is 0 Å². The van der Waals surface area contributed by atoms with Crippen LogP contribution in [0.4, 0.5) is 0 Å². The van der Waals surface area contributed by atoms with Crippen LogP contribution in [0.15, 0.2) is 0 Å². The highest BCUT2D eigenvalue weighted by Crippen LogP contribution is 2.34. The molecule has 0 aromatic rings. The van der Waals surface area contributed by atoms with Gasteiger partial charge in [-0.05, 0) is 18.8 Å². The summed E-state index contributed by atoms with van der Waals surface area (Å²) >= 11 is 0. The molecule has 1 heteroatoms. The minimum atomic E-state index is -0.0944. The summed E-state index contributed by atoms with van der Waals surface area (Å²) in [6.45, 7) is 4.13. The summed E-state index contributed by atoms with van der Waals surface area (Å²) in [6, 6.07) is 0. The van der Waals surface area contributed by atoms with Gasteiger partial charge in [-0.15, -0.1) is 0 Å². The van der Waals surface area contributed by atoms with Crippen molar-refractivity contribution in [2.45, 2.75) is 52.1 Å². The maximum absolute atomic E-state index is 9.47. The van der Waals surface area contributed by atoms with E-state index in [1.165, 1.54) is 25.7 Å². The van der Waals surface area contributed by atoms with Gasteiger partial charge in [0.15, 0.2) is 0 Å². The van der Waals surface area contributed by atoms with Crippen molar-refractivity contribution in [1.29, 1.82) is 0 Å². The average Bonchev–Trinajstić information content (AvgIpc) is 2.40. The monoisotopic (exact) mass is 156 g/mol. The normalized spacial score (nSPS) is 25.4. The summed E-state index contributed by atoms with van der Waals surface area (Å²) < 4.78 is 0. The van der Waals surface area contributed by atoms with Gasteiger partial charge in [0, 0.05) is 0 Å². The minimum absolute atomic E-state index is 0.0944. The van der Waals surface area contributed by atoms with Gasteiger partial charge in [-0.25, -0.2) is 0 Å². The predicted octanol–water partition coefficient (Wildman–Crippen LogP) is 2.58. The molecule has 1 aliphatic carbocycles. The van der Waals surface area contributed by atoms with Gasteiger partial charge in [-0.1, -0.05) is 39.0 Å². The first-order chi connectivity index (χ1) is 5.25. The van der Waals surface area contributed by atoms with Crippen LogP contribution in [0.1, 0.15) is 46.0 Å². The fourth-order valence-electron chi connectivity index (χ4n) is 2.45. The Kier molecular flexibility index (Phi) is 3.38. The quantitative estimate of drug-likeness (QED) is 0.666. The molecule has 0 aromatic carbocycles. The highest BCUT2D eigenvalue weighted by atomic mass is 16.3. The Hall–Kier alpha value is -0.0400. The van der Waals surface area contributed by atoms with Gasteiger partial charge >= 0.3 is 0 Å². The predicted molar refractivity (Wildman–Crippen MR) is 47.4 cm³/mol. The minimum Gasteiger partial charge on any atom is -0.393 e. The zero-order valence-corrected chi connectivity index (χ0v) is 7.71. The van der Waals surface area contributed by atoms with Crippen LogP contribution in [-0.2, 0) is 0 Å². The topological polar surface area (TPSA) is 20.2 Å². The van der Waals surface area contributed by atoms with E-state index in [0.29, 0.717) is 5.92 Å². The molecule has 1 nitrogen and oxygen atoms in total. The van der Waals surface area contributed by atoms with Crippen molar-refractivity contribution in [1.82, 2.24) is 0 Å². The average molecular weight is 156 g/mol. The van der Waals surface area contributed by atoms with Gasteiger partial charge in [-0.3, -0.25) is 0 Å². The lowest BCUT2D eigenvalue weighted by Gasteiger charge is -2.24. The maximum Gasteiger partial charge on any atom is 0.0542 e. The second kappa shape index (κ2) is 4.10. The van der Waals surface area contributed by atoms with E-state index in [1.54, 1.807) is 0 Å². The van der Waals surface area contributed by atoms with Crippen molar-refractivity contribution in [2.75, 3.05) is 0 Å². The number of aliphatic hydroxyl groups is 1. The molecule has 0 saturated heterocycles. The third-order valence-electron chi connectivity index (χ3n) is 3.10. The van der Waals surface area contributed by atoms with Crippen LogP contribution in [-0.4, -0.2) is 11.2 Å². The van der Waals surface area contributed by atoms with E-state index < -0.39 is 0 Å². The molecule has 1 N–H and O–H groups in total. The van der Waals surface area contributed by atoms with E-state index in [4.69, 9.17) is 0 Å². The lowest BCUT2D eigenvalue weighted by Crippen LogP contribution is -2.23. The number of hydrogen-bond acceptors (Lipinski definition) is 1. The number of aliphatic hydroxyl groups excluding tert-OH is 1. The van der Waals surface area contributed by atoms with Crippen LogP contribution in [0.25, 0.3) is 0 Å². The van der Waals surface area contributed by atoms with Crippen LogP contribution in [0.2, 0.25) is 0 Å². The lowest BCUT2D eigenvalue weighted by molar-refractivity contribution is 0.0862. The van der Waals surface area contributed by atoms with Crippen LogP contribution < -0.4 is 0 Å². The third-order valence-corrected chi connectivity index (χ3v) is 3.10. The molecule has 0 amide bonds. The van der Waals surface area contributed by atoms with Gasteiger partial charge in [0.1, 0.15) is 0 Å². The molecule has 1 aliphatic rings. The number of hydrogen-bond donors (Lipinski definition) is 1. The first-order valence-electron chi connectivity index (χ1n) is 4.93. The van der Waals surface area contributed by atoms with Crippen LogP contribution >= 0.6 is 0 Å². The molecule has 2 unspecified atom stereocenters. The zero-order valence-electron chi connectivity index (χ0n) is 7.71. The van der Waals surface area contributed by atoms with E-state index >= 15 is 0 Å². The highest BCUT2D eigenvalue weighted by molar-refractivity contribution is 4.77. The van der Waals surface area contributed by atoms with E-state index in [0.717, 1.165) is 12.3 Å². The van der Waals surface area contributed by atoms with Crippen molar-refractivity contribution in [3.63, 3.8) is 0 Å². The Balaban J connectivity index is 2.40. The van der Waals surface area contributed by atoms with Gasteiger partial charge in [-0.2, -0.15) is 0 Å². The van der Waals surface area contributed by atoms with Crippen LogP contribution in [0, 0.1) is 11.8 Å². The second-order valence-electron chi connectivity index (χ2n) is 3.86. The largest absolute Gasteiger partial charge is 0.393 e. The molecule has 1 fully saturated rings. The Morgan fingerprint density at radius 2 is 1.91 bits per heavy atom. The van der Waals surface area contributed by atoms with E-state index in [1.807, 2.05) is 6.92 Å². The van der Waals surface area contributed by atoms with E-state index in [9.17, 15) is 5.11 Å². The molecule has 0 aliphatic heterocycles. The number of rotatable bonds is 3. The SMILES string of the molecule is CCC(C(C)O)C1CCCC1. The summed E-state index contributed by atoms with van der Waals surface area (Å²) in [5, 5.41) is 9.47. The summed E-state index contributed by atoms with van der Waals surface area (Å²) in [7, 11) is 0. The lowest BCUT2D eigenvalue weighted by atomic mass is 9.85. The first-order valence-corrected chi connectivity index (χ1v) is 4.93. The first kappa shape index (κ1) is 9.05. The fourth-order valence-corrected chi connectivity index (χ4v) is 2.45. The van der Waals surface area contributed by atoms with Crippen molar-refractivity contribution < 1.29 is 5.11 Å². The fraction of sp³-hybridized carbons (Fsp3) is 1.00. The molecule has 1 saturated carbocycles. The molecule has 0 bridgehead atoms. The Labute approximate surface area is 69.8 Å². The van der Waals surface area contributed by atoms with Gasteiger partial charge in [0.05, 0.1) is 6.10 Å². The molecule has 1 rings (SSSR count). The smallest absolute Gasteiger partial charge is 0.0542 e. The summed E-state index contributed by atoms with van der Waals surface area (Å²) in [4.78, 5) is 0. The van der Waals surface area contributed by atoms with Gasteiger partial charge in [0.2, 0.25) is 0 Å². The summed E-state index contributed by atoms with van der Waals surface area (Å²) in [5.74, 6) is 1.39. The molecule has 0 heterocycles. The zero-order chi connectivity index (χ0) is 8.27. The summed E-state index contributed by atoms with van der Waals surface area (Å²) in [5.41, 5.74) is 0. The Morgan fingerprint density at radius 3 is 2.27 bits per heavy atom. The van der Waals surface area contributed by atoms with Crippen molar-refractivity contribution >= 4 is 0 Å². The van der Waals surface area contributed by atoms with Gasteiger partial charge in [0.25, 0.3) is 0 Å². The third kappa shape index (κ3) is 2.19. The highest BCUT2D eigenvalue weighted by Gasteiger charge is 2.26. The molecular formula is C10H20O. The van der Waals surface area contributed by atoms with Gasteiger partial charge < -0.3 is 5.11 Å². The van der Waals surface area contributed by atoms with E-state index in [-0.39, 0.29) is 6.10 Å². The molecule has 0 spiro atoms. The molecule has 66 valence electrons. The molecule has 11 heavy (non-hydrogen) atoms. The van der Waals surface area contributed by atoms with Crippen molar-refractivity contribution in [2.24, 2.45) is 11.8 Å². The Morgan fingerprint density at radius 1 is 1.36 bits per heavy atom.